The fraction of sp³-hybridized carbons (Fsp3) is 0.154. The maximum Gasteiger partial charge on any atom is 0.264 e. The zero-order valence-electron chi connectivity index (χ0n) is 9.87. The van der Waals surface area contributed by atoms with Crippen molar-refractivity contribution in [2.75, 3.05) is 11.9 Å². The van der Waals surface area contributed by atoms with E-state index in [9.17, 15) is 4.79 Å². The number of aromatic nitrogens is 1. The van der Waals surface area contributed by atoms with Gasteiger partial charge < -0.3 is 9.88 Å². The van der Waals surface area contributed by atoms with Gasteiger partial charge in [-0.25, -0.2) is 0 Å². The first-order valence-electron chi connectivity index (χ1n) is 5.61. The molecule has 1 aromatic heterocycles. The molecule has 19 heavy (non-hydrogen) atoms. The van der Waals surface area contributed by atoms with Crippen LogP contribution in [-0.2, 0) is 6.54 Å². The van der Waals surface area contributed by atoms with Crippen LogP contribution < -0.4 is 10.9 Å². The predicted molar refractivity (Wildman–Crippen MR) is 88.7 cm³/mol. The first-order valence-corrected chi connectivity index (χ1v) is 7.99. The Bertz CT molecular complexity index is 640. The van der Waals surface area contributed by atoms with E-state index >= 15 is 0 Å². The van der Waals surface area contributed by atoms with Crippen molar-refractivity contribution in [2.24, 2.45) is 0 Å². The summed E-state index contributed by atoms with van der Waals surface area (Å²) in [4.78, 5) is 11.9. The molecule has 1 aromatic carbocycles. The van der Waals surface area contributed by atoms with E-state index in [0.717, 1.165) is 14.6 Å². The molecule has 1 N–H and O–H groups in total. The summed E-state index contributed by atoms with van der Waals surface area (Å²) in [6.07, 6.45) is 1.79. The minimum atomic E-state index is -0.0285. The van der Waals surface area contributed by atoms with Gasteiger partial charge in [0.2, 0.25) is 0 Å². The predicted octanol–water partition coefficient (Wildman–Crippen LogP) is 4.25. The number of hydrogen-bond acceptors (Lipinski definition) is 2. The van der Waals surface area contributed by atoms with Crippen molar-refractivity contribution in [2.45, 2.75) is 6.54 Å². The van der Waals surface area contributed by atoms with Gasteiger partial charge in [0.25, 0.3) is 5.56 Å². The van der Waals surface area contributed by atoms with Crippen molar-refractivity contribution >= 4 is 53.5 Å². The molecule has 0 bridgehead atoms. The minimum Gasteiger partial charge on any atom is -0.383 e. The SMILES string of the molecule is O=c1c(Br)cc(Br)cn1CCNc1cccc(Br)c1. The number of rotatable bonds is 4. The molecule has 6 heteroatoms. The maximum atomic E-state index is 11.9. The van der Waals surface area contributed by atoms with E-state index in [1.54, 1.807) is 16.8 Å². The second-order valence-corrected chi connectivity index (χ2v) is 6.63. The van der Waals surface area contributed by atoms with Crippen LogP contribution in [0.1, 0.15) is 0 Å². The van der Waals surface area contributed by atoms with Crippen molar-refractivity contribution in [3.63, 3.8) is 0 Å². The third-order valence-electron chi connectivity index (χ3n) is 2.52. The van der Waals surface area contributed by atoms with Crippen LogP contribution in [0.3, 0.4) is 0 Å². The van der Waals surface area contributed by atoms with Crippen LogP contribution in [0, 0.1) is 0 Å². The van der Waals surface area contributed by atoms with Crippen LogP contribution in [0.15, 0.2) is 54.7 Å². The van der Waals surface area contributed by atoms with Gasteiger partial charge in [-0.2, -0.15) is 0 Å². The molecule has 0 radical (unpaired) electrons. The molecule has 2 aromatic rings. The summed E-state index contributed by atoms with van der Waals surface area (Å²) in [5, 5.41) is 3.28. The third kappa shape index (κ3) is 4.19. The summed E-state index contributed by atoms with van der Waals surface area (Å²) in [5.41, 5.74) is 0.996. The number of halogens is 3. The lowest BCUT2D eigenvalue weighted by Gasteiger charge is -2.09. The summed E-state index contributed by atoms with van der Waals surface area (Å²) in [6.45, 7) is 1.28. The van der Waals surface area contributed by atoms with Crippen LogP contribution in [0.5, 0.6) is 0 Å². The molecule has 0 fully saturated rings. The molecule has 0 amide bonds. The Morgan fingerprint density at radius 3 is 2.63 bits per heavy atom. The van der Waals surface area contributed by atoms with Gasteiger partial charge in [-0.3, -0.25) is 4.79 Å². The smallest absolute Gasteiger partial charge is 0.264 e. The molecule has 0 aliphatic carbocycles. The average Bonchev–Trinajstić information content (AvgIpc) is 2.35. The molecule has 1 heterocycles. The van der Waals surface area contributed by atoms with E-state index in [4.69, 9.17) is 0 Å². The van der Waals surface area contributed by atoms with E-state index in [0.29, 0.717) is 17.6 Å². The number of nitrogens with one attached hydrogen (secondary N) is 1. The summed E-state index contributed by atoms with van der Waals surface area (Å²) >= 11 is 10.1. The Hall–Kier alpha value is -0.590. The molecule has 0 aliphatic rings. The lowest BCUT2D eigenvalue weighted by atomic mass is 10.3. The van der Waals surface area contributed by atoms with Crippen LogP contribution in [0.4, 0.5) is 5.69 Å². The molecule has 0 unspecified atom stereocenters. The molecule has 100 valence electrons. The highest BCUT2D eigenvalue weighted by atomic mass is 79.9. The fourth-order valence-electron chi connectivity index (χ4n) is 1.65. The van der Waals surface area contributed by atoms with Crippen LogP contribution in [0.25, 0.3) is 0 Å². The Labute approximate surface area is 136 Å². The average molecular weight is 451 g/mol. The molecular weight excluding hydrogens is 440 g/mol. The first kappa shape index (κ1) is 14.8. The van der Waals surface area contributed by atoms with Crippen molar-refractivity contribution < 1.29 is 0 Å². The Kier molecular flexibility index (Phi) is 5.24. The van der Waals surface area contributed by atoms with Gasteiger partial charge in [0.15, 0.2) is 0 Å². The highest BCUT2D eigenvalue weighted by Crippen LogP contribution is 2.15. The van der Waals surface area contributed by atoms with E-state index in [1.165, 1.54) is 0 Å². The van der Waals surface area contributed by atoms with Gasteiger partial charge in [0, 0.05) is 33.9 Å². The number of nitrogens with zero attached hydrogens (tertiary/aromatic N) is 1. The highest BCUT2D eigenvalue weighted by Gasteiger charge is 2.02. The standard InChI is InChI=1S/C13H11Br3N2O/c14-9-2-1-3-11(6-9)17-4-5-18-8-10(15)7-12(16)13(18)19/h1-3,6-8,17H,4-5H2. The van der Waals surface area contributed by atoms with Crippen molar-refractivity contribution in [3.8, 4) is 0 Å². The van der Waals surface area contributed by atoms with E-state index in [1.807, 2.05) is 24.3 Å². The zero-order chi connectivity index (χ0) is 13.8. The van der Waals surface area contributed by atoms with Crippen LogP contribution in [0.2, 0.25) is 0 Å². The molecular formula is C13H11Br3N2O. The number of pyridine rings is 1. The molecule has 0 saturated heterocycles. The van der Waals surface area contributed by atoms with Crippen LogP contribution in [-0.4, -0.2) is 11.1 Å². The largest absolute Gasteiger partial charge is 0.383 e. The Morgan fingerprint density at radius 2 is 1.89 bits per heavy atom. The maximum absolute atomic E-state index is 11.9. The summed E-state index contributed by atoms with van der Waals surface area (Å²) < 4.78 is 4.13. The quantitative estimate of drug-likeness (QED) is 0.755. The second kappa shape index (κ2) is 6.72. The van der Waals surface area contributed by atoms with Gasteiger partial charge in [-0.1, -0.05) is 22.0 Å². The lowest BCUT2D eigenvalue weighted by Crippen LogP contribution is -2.23. The molecule has 2 rings (SSSR count). The minimum absolute atomic E-state index is 0.0285. The Morgan fingerprint density at radius 1 is 1.11 bits per heavy atom. The number of benzene rings is 1. The van der Waals surface area contributed by atoms with Crippen molar-refractivity contribution in [1.82, 2.24) is 4.57 Å². The number of hydrogen-bond donors (Lipinski definition) is 1. The van der Waals surface area contributed by atoms with Gasteiger partial charge in [0.1, 0.15) is 0 Å². The Balaban J connectivity index is 2.02. The van der Waals surface area contributed by atoms with Gasteiger partial charge in [-0.05, 0) is 56.1 Å². The van der Waals surface area contributed by atoms with Crippen molar-refractivity contribution in [1.29, 1.82) is 0 Å². The van der Waals surface area contributed by atoms with Gasteiger partial charge >= 0.3 is 0 Å². The fourth-order valence-corrected chi connectivity index (χ4v) is 3.31. The molecule has 0 spiro atoms. The number of anilines is 1. The van der Waals surface area contributed by atoms with Crippen LogP contribution >= 0.6 is 47.8 Å². The first-order chi connectivity index (χ1) is 9.06. The summed E-state index contributed by atoms with van der Waals surface area (Å²) in [6, 6.07) is 9.68. The van der Waals surface area contributed by atoms with E-state index in [2.05, 4.69) is 53.1 Å². The summed E-state index contributed by atoms with van der Waals surface area (Å²) in [7, 11) is 0. The molecule has 0 aliphatic heterocycles. The van der Waals surface area contributed by atoms with Gasteiger partial charge in [-0.15, -0.1) is 0 Å². The molecule has 3 nitrogen and oxygen atoms in total. The van der Waals surface area contributed by atoms with Gasteiger partial charge in [0.05, 0.1) is 4.47 Å². The lowest BCUT2D eigenvalue weighted by molar-refractivity contribution is 0.692. The topological polar surface area (TPSA) is 34.0 Å². The van der Waals surface area contributed by atoms with E-state index in [-0.39, 0.29) is 5.56 Å². The normalized spacial score (nSPS) is 10.5. The van der Waals surface area contributed by atoms with Crippen molar-refractivity contribution in [3.05, 3.63) is 60.3 Å². The molecule has 0 atom stereocenters. The van der Waals surface area contributed by atoms with E-state index < -0.39 is 0 Å². The zero-order valence-corrected chi connectivity index (χ0v) is 14.6. The molecule has 0 saturated carbocycles. The second-order valence-electron chi connectivity index (χ2n) is 3.94. The third-order valence-corrected chi connectivity index (χ3v) is 4.01. The highest BCUT2D eigenvalue weighted by molar-refractivity contribution is 9.11. The monoisotopic (exact) mass is 448 g/mol. The summed E-state index contributed by atoms with van der Waals surface area (Å²) in [5.74, 6) is 0.